The Bertz CT molecular complexity index is 319. The Morgan fingerprint density at radius 2 is 2.47 bits per heavy atom. The van der Waals surface area contributed by atoms with Crippen molar-refractivity contribution in [2.75, 3.05) is 0 Å². The van der Waals surface area contributed by atoms with E-state index in [2.05, 4.69) is 17.6 Å². The normalized spacial score (nSPS) is 17.1. The van der Waals surface area contributed by atoms with Gasteiger partial charge in [-0.1, -0.05) is 6.07 Å². The number of thiophene rings is 1. The molecular formula is C11H16N2OS. The smallest absolute Gasteiger partial charge is 0.315 e. The lowest BCUT2D eigenvalue weighted by Gasteiger charge is -2.13. The minimum atomic E-state index is -0.0530. The SMILES string of the molecule is CC(NC(=O)NCc1cccs1)C1CC1. The fourth-order valence-corrected chi connectivity index (χ4v) is 2.20. The lowest BCUT2D eigenvalue weighted by molar-refractivity contribution is 0.236. The van der Waals surface area contributed by atoms with Crippen molar-refractivity contribution in [3.63, 3.8) is 0 Å². The monoisotopic (exact) mass is 224 g/mol. The Hall–Kier alpha value is -1.03. The standard InChI is InChI=1S/C11H16N2OS/c1-8(9-4-5-9)13-11(14)12-7-10-3-2-6-15-10/h2-3,6,8-9H,4-5,7H2,1H3,(H2,12,13,14). The van der Waals surface area contributed by atoms with E-state index in [0.29, 0.717) is 18.5 Å². The number of hydrogen-bond acceptors (Lipinski definition) is 2. The highest BCUT2D eigenvalue weighted by molar-refractivity contribution is 7.09. The first-order valence-corrected chi connectivity index (χ1v) is 6.20. The van der Waals surface area contributed by atoms with Gasteiger partial charge in [0.15, 0.2) is 0 Å². The maximum Gasteiger partial charge on any atom is 0.315 e. The molecule has 2 amide bonds. The summed E-state index contributed by atoms with van der Waals surface area (Å²) in [5, 5.41) is 7.83. The van der Waals surface area contributed by atoms with Gasteiger partial charge in [0.25, 0.3) is 0 Å². The molecule has 15 heavy (non-hydrogen) atoms. The first kappa shape index (κ1) is 10.5. The van der Waals surface area contributed by atoms with Crippen molar-refractivity contribution in [3.8, 4) is 0 Å². The van der Waals surface area contributed by atoms with Crippen LogP contribution in [-0.4, -0.2) is 12.1 Å². The van der Waals surface area contributed by atoms with Crippen LogP contribution >= 0.6 is 11.3 Å². The number of carbonyl (C=O) groups excluding carboxylic acids is 1. The number of carbonyl (C=O) groups is 1. The van der Waals surface area contributed by atoms with Crippen molar-refractivity contribution in [2.45, 2.75) is 32.4 Å². The second-order valence-electron chi connectivity index (χ2n) is 4.03. The predicted molar refractivity (Wildman–Crippen MR) is 61.9 cm³/mol. The highest BCUT2D eigenvalue weighted by atomic mass is 32.1. The molecule has 1 aromatic rings. The molecular weight excluding hydrogens is 208 g/mol. The molecule has 1 saturated carbocycles. The molecule has 1 fully saturated rings. The number of urea groups is 1. The summed E-state index contributed by atoms with van der Waals surface area (Å²) in [6.07, 6.45) is 2.51. The zero-order valence-corrected chi connectivity index (χ0v) is 9.64. The summed E-state index contributed by atoms with van der Waals surface area (Å²) in [5.41, 5.74) is 0. The predicted octanol–water partition coefficient (Wildman–Crippen LogP) is 2.35. The van der Waals surface area contributed by atoms with Crippen LogP contribution in [0.25, 0.3) is 0 Å². The third kappa shape index (κ3) is 3.23. The molecule has 2 rings (SSSR count). The average molecular weight is 224 g/mol. The van der Waals surface area contributed by atoms with Crippen molar-refractivity contribution in [2.24, 2.45) is 5.92 Å². The quantitative estimate of drug-likeness (QED) is 0.810. The van der Waals surface area contributed by atoms with E-state index in [9.17, 15) is 4.79 Å². The van der Waals surface area contributed by atoms with Gasteiger partial charge in [0.2, 0.25) is 0 Å². The van der Waals surface area contributed by atoms with Crippen LogP contribution in [0.3, 0.4) is 0 Å². The summed E-state index contributed by atoms with van der Waals surface area (Å²) >= 11 is 1.66. The van der Waals surface area contributed by atoms with E-state index < -0.39 is 0 Å². The molecule has 0 aromatic carbocycles. The van der Waals surface area contributed by atoms with Gasteiger partial charge in [0.05, 0.1) is 6.54 Å². The average Bonchev–Trinajstić information content (AvgIpc) is 2.93. The van der Waals surface area contributed by atoms with Crippen molar-refractivity contribution < 1.29 is 4.79 Å². The van der Waals surface area contributed by atoms with E-state index in [-0.39, 0.29) is 6.03 Å². The Balaban J connectivity index is 1.68. The Labute approximate surface area is 93.9 Å². The van der Waals surface area contributed by atoms with Gasteiger partial charge in [-0.15, -0.1) is 11.3 Å². The van der Waals surface area contributed by atoms with E-state index in [1.165, 1.54) is 17.7 Å². The van der Waals surface area contributed by atoms with Crippen LogP contribution in [-0.2, 0) is 6.54 Å². The third-order valence-electron chi connectivity index (χ3n) is 2.69. The van der Waals surface area contributed by atoms with Gasteiger partial charge in [0, 0.05) is 10.9 Å². The van der Waals surface area contributed by atoms with E-state index in [0.717, 1.165) is 0 Å². The zero-order valence-electron chi connectivity index (χ0n) is 8.82. The number of nitrogens with one attached hydrogen (secondary N) is 2. The topological polar surface area (TPSA) is 41.1 Å². The van der Waals surface area contributed by atoms with Gasteiger partial charge in [-0.2, -0.15) is 0 Å². The zero-order chi connectivity index (χ0) is 10.7. The van der Waals surface area contributed by atoms with Crippen LogP contribution < -0.4 is 10.6 Å². The molecule has 0 spiro atoms. The van der Waals surface area contributed by atoms with E-state index in [4.69, 9.17) is 0 Å². The second kappa shape index (κ2) is 4.66. The molecule has 4 heteroatoms. The molecule has 3 nitrogen and oxygen atoms in total. The van der Waals surface area contributed by atoms with Crippen molar-refractivity contribution >= 4 is 17.4 Å². The summed E-state index contributed by atoms with van der Waals surface area (Å²) < 4.78 is 0. The lowest BCUT2D eigenvalue weighted by atomic mass is 10.2. The second-order valence-corrected chi connectivity index (χ2v) is 5.06. The van der Waals surface area contributed by atoms with Gasteiger partial charge in [-0.05, 0) is 37.1 Å². The Morgan fingerprint density at radius 3 is 3.07 bits per heavy atom. The number of hydrogen-bond donors (Lipinski definition) is 2. The molecule has 1 aliphatic rings. The summed E-state index contributed by atoms with van der Waals surface area (Å²) in [5.74, 6) is 0.706. The first-order chi connectivity index (χ1) is 7.25. The largest absolute Gasteiger partial charge is 0.335 e. The minimum absolute atomic E-state index is 0.0530. The molecule has 2 N–H and O–H groups in total. The molecule has 0 aliphatic heterocycles. The minimum Gasteiger partial charge on any atom is -0.335 e. The molecule has 0 saturated heterocycles. The van der Waals surface area contributed by atoms with E-state index in [1.807, 2.05) is 17.5 Å². The fraction of sp³-hybridized carbons (Fsp3) is 0.545. The molecule has 82 valence electrons. The van der Waals surface area contributed by atoms with Gasteiger partial charge in [-0.3, -0.25) is 0 Å². The highest BCUT2D eigenvalue weighted by Crippen LogP contribution is 2.32. The molecule has 0 bridgehead atoms. The molecule has 1 atom stereocenters. The summed E-state index contributed by atoms with van der Waals surface area (Å²) in [4.78, 5) is 12.6. The van der Waals surface area contributed by atoms with Crippen LogP contribution in [0.2, 0.25) is 0 Å². The van der Waals surface area contributed by atoms with E-state index in [1.54, 1.807) is 11.3 Å². The number of rotatable bonds is 4. The maximum atomic E-state index is 11.5. The summed E-state index contributed by atoms with van der Waals surface area (Å²) in [7, 11) is 0. The van der Waals surface area contributed by atoms with Gasteiger partial charge >= 0.3 is 6.03 Å². The summed E-state index contributed by atoms with van der Waals surface area (Å²) in [6.45, 7) is 2.70. The van der Waals surface area contributed by atoms with Crippen molar-refractivity contribution in [1.29, 1.82) is 0 Å². The van der Waals surface area contributed by atoms with Crippen LogP contribution in [0.15, 0.2) is 17.5 Å². The van der Waals surface area contributed by atoms with E-state index >= 15 is 0 Å². The van der Waals surface area contributed by atoms with Crippen LogP contribution in [0.5, 0.6) is 0 Å². The molecule has 1 unspecified atom stereocenters. The van der Waals surface area contributed by atoms with Crippen LogP contribution in [0.1, 0.15) is 24.6 Å². The Kier molecular flexibility index (Phi) is 3.26. The van der Waals surface area contributed by atoms with Gasteiger partial charge in [-0.25, -0.2) is 4.79 Å². The number of amides is 2. The van der Waals surface area contributed by atoms with Crippen LogP contribution in [0, 0.1) is 5.92 Å². The third-order valence-corrected chi connectivity index (χ3v) is 3.57. The van der Waals surface area contributed by atoms with Crippen LogP contribution in [0.4, 0.5) is 4.79 Å². The fourth-order valence-electron chi connectivity index (χ4n) is 1.55. The lowest BCUT2D eigenvalue weighted by Crippen LogP contribution is -2.41. The molecule has 1 aromatic heterocycles. The Morgan fingerprint density at radius 1 is 1.67 bits per heavy atom. The molecule has 0 radical (unpaired) electrons. The molecule has 1 aliphatic carbocycles. The first-order valence-electron chi connectivity index (χ1n) is 5.32. The highest BCUT2D eigenvalue weighted by Gasteiger charge is 2.28. The van der Waals surface area contributed by atoms with Gasteiger partial charge in [0.1, 0.15) is 0 Å². The van der Waals surface area contributed by atoms with Crippen molar-refractivity contribution in [1.82, 2.24) is 10.6 Å². The van der Waals surface area contributed by atoms with Gasteiger partial charge < -0.3 is 10.6 Å². The van der Waals surface area contributed by atoms with Crippen molar-refractivity contribution in [3.05, 3.63) is 22.4 Å². The molecule has 1 heterocycles. The summed E-state index contributed by atoms with van der Waals surface area (Å²) in [6, 6.07) is 4.28. The maximum absolute atomic E-state index is 11.5.